The molecule has 2 aliphatic rings. The summed E-state index contributed by atoms with van der Waals surface area (Å²) in [6.07, 6.45) is 7.52. The predicted octanol–water partition coefficient (Wildman–Crippen LogP) is 0.708. The Labute approximate surface area is 217 Å². The number of amides is 2. The number of rotatable bonds is 7. The van der Waals surface area contributed by atoms with Gasteiger partial charge in [-0.25, -0.2) is 9.78 Å². The molecule has 0 saturated carbocycles. The Morgan fingerprint density at radius 3 is 2.94 bits per heavy atom. The first kappa shape index (κ1) is 24.1. The van der Waals surface area contributed by atoms with Crippen molar-refractivity contribution in [2.75, 3.05) is 18.6 Å². The molecule has 15 heteroatoms. The van der Waals surface area contributed by atoms with E-state index in [0.717, 1.165) is 16.9 Å². The number of thioether (sulfide) groups is 1. The van der Waals surface area contributed by atoms with Crippen LogP contribution in [0.15, 0.2) is 53.3 Å². The lowest BCUT2D eigenvalue weighted by atomic mass is 10.0. The van der Waals surface area contributed by atoms with Crippen LogP contribution in [0, 0.1) is 0 Å². The fraction of sp³-hybridized carbons (Fsp3) is 0.238. The lowest BCUT2D eigenvalue weighted by molar-refractivity contribution is -0.688. The summed E-state index contributed by atoms with van der Waals surface area (Å²) in [5, 5.41) is 15.8. The third kappa shape index (κ3) is 4.16. The van der Waals surface area contributed by atoms with Crippen LogP contribution in [0.3, 0.4) is 0 Å². The fourth-order valence-corrected chi connectivity index (χ4v) is 6.37. The van der Waals surface area contributed by atoms with E-state index in [1.807, 2.05) is 45.9 Å². The first-order valence-electron chi connectivity index (χ1n) is 10.5. The number of carbonyl (C=O) groups is 3. The maximum absolute atomic E-state index is 13.0. The van der Waals surface area contributed by atoms with E-state index in [0.29, 0.717) is 17.9 Å². The second-order valence-electron chi connectivity index (χ2n) is 7.86. The van der Waals surface area contributed by atoms with Crippen molar-refractivity contribution in [1.29, 1.82) is 0 Å². The molecule has 0 aromatic carbocycles. The van der Waals surface area contributed by atoms with E-state index in [4.69, 9.17) is 22.2 Å². The third-order valence-corrected chi connectivity index (χ3v) is 8.09. The van der Waals surface area contributed by atoms with Gasteiger partial charge in [-0.15, -0.1) is 11.8 Å². The second-order valence-corrected chi connectivity index (χ2v) is 10.6. The van der Waals surface area contributed by atoms with Gasteiger partial charge in [0.2, 0.25) is 0 Å². The third-order valence-electron chi connectivity index (χ3n) is 5.66. The first-order chi connectivity index (χ1) is 17.3. The summed E-state index contributed by atoms with van der Waals surface area (Å²) in [5.41, 5.74) is 6.93. The Morgan fingerprint density at radius 2 is 2.25 bits per heavy atom. The molecule has 2 amide bonds. The topological polar surface area (TPSA) is 156 Å². The summed E-state index contributed by atoms with van der Waals surface area (Å²) in [4.78, 5) is 48.1. The van der Waals surface area contributed by atoms with Crippen molar-refractivity contribution in [3.8, 4) is 0 Å². The average molecular weight is 549 g/mol. The van der Waals surface area contributed by atoms with Gasteiger partial charge in [0.15, 0.2) is 29.8 Å². The monoisotopic (exact) mass is 548 g/mol. The zero-order valence-corrected chi connectivity index (χ0v) is 21.0. The molecule has 186 valence electrons. The van der Waals surface area contributed by atoms with Crippen molar-refractivity contribution < 1.29 is 28.9 Å². The highest BCUT2D eigenvalue weighted by molar-refractivity contribution is 8.00. The zero-order valence-electron chi connectivity index (χ0n) is 18.6. The van der Waals surface area contributed by atoms with Gasteiger partial charge < -0.3 is 25.4 Å². The standard InChI is InChI=1S/C21H18ClN7O5S2/c1-34-26-13(12-16(22)36-21(23)25-12)17(30)24-14-18(31)29-15(20(32)33)10(9-35-19(14)29)7-27-5-6-28-4-2-3-11(28)8-27/h2-6,8,14,19H,7,9H2,1H3,(H3-,23,24,25,30,32,33)/p+1/t14-,19+/m1/s1. The van der Waals surface area contributed by atoms with E-state index < -0.39 is 29.2 Å². The number of nitrogens with zero attached hydrogens (tertiary/aromatic N) is 5. The SMILES string of the molecule is CON=C(C(=O)N[C@@H]1C(=O)N2C(C(=O)O)=C(C[n+]3ccn4cccc4c3)CS[C@@H]12)c1nc(N)sc1Cl. The predicted molar refractivity (Wildman–Crippen MR) is 132 cm³/mol. The van der Waals surface area contributed by atoms with Crippen LogP contribution < -0.4 is 15.6 Å². The van der Waals surface area contributed by atoms with E-state index in [1.54, 1.807) is 0 Å². The molecule has 12 nitrogen and oxygen atoms in total. The molecular formula is C21H19ClN7O5S2+. The number of carbonyl (C=O) groups excluding carboxylic acids is 2. The van der Waals surface area contributed by atoms with Gasteiger partial charge in [0.05, 0.1) is 6.20 Å². The van der Waals surface area contributed by atoms with Crippen LogP contribution in [0.5, 0.6) is 0 Å². The number of β-lactam (4-membered cyclic amide) rings is 1. The van der Waals surface area contributed by atoms with Crippen molar-refractivity contribution >= 4 is 68.8 Å². The van der Waals surface area contributed by atoms with Crippen LogP contribution >= 0.6 is 34.7 Å². The molecule has 1 saturated heterocycles. The molecule has 2 atom stereocenters. The minimum atomic E-state index is -1.20. The average Bonchev–Trinajstić information content (AvgIpc) is 3.45. The molecule has 0 unspecified atom stereocenters. The van der Waals surface area contributed by atoms with Crippen molar-refractivity contribution in [3.05, 3.63) is 58.2 Å². The highest BCUT2D eigenvalue weighted by Crippen LogP contribution is 2.40. The number of nitrogen functional groups attached to an aromatic ring is 1. The number of carboxylic acids is 1. The number of aliphatic carboxylic acids is 1. The van der Waals surface area contributed by atoms with Crippen molar-refractivity contribution in [3.63, 3.8) is 0 Å². The Balaban J connectivity index is 1.36. The number of oxime groups is 1. The number of carboxylic acid groups (broad SMARTS) is 1. The summed E-state index contributed by atoms with van der Waals surface area (Å²) in [7, 11) is 1.25. The van der Waals surface area contributed by atoms with Crippen LogP contribution in [0.4, 0.5) is 5.13 Å². The minimum Gasteiger partial charge on any atom is -0.477 e. The maximum Gasteiger partial charge on any atom is 0.352 e. The molecule has 0 aliphatic carbocycles. The van der Waals surface area contributed by atoms with E-state index in [-0.39, 0.29) is 26.6 Å². The highest BCUT2D eigenvalue weighted by Gasteiger charge is 2.54. The van der Waals surface area contributed by atoms with Gasteiger partial charge in [-0.2, -0.15) is 4.57 Å². The highest BCUT2D eigenvalue weighted by atomic mass is 35.5. The summed E-state index contributed by atoms with van der Waals surface area (Å²) in [5.74, 6) is -2.12. The first-order valence-corrected chi connectivity index (χ1v) is 12.7. The summed E-state index contributed by atoms with van der Waals surface area (Å²) in [6, 6.07) is 2.89. The molecule has 2 aliphatic heterocycles. The smallest absolute Gasteiger partial charge is 0.352 e. The molecule has 1 fully saturated rings. The molecule has 0 radical (unpaired) electrons. The second kappa shape index (κ2) is 9.44. The van der Waals surface area contributed by atoms with E-state index in [2.05, 4.69) is 15.5 Å². The van der Waals surface area contributed by atoms with Crippen LogP contribution in [-0.2, 0) is 25.8 Å². The molecule has 4 N–H and O–H groups in total. The van der Waals surface area contributed by atoms with Gasteiger partial charge in [-0.3, -0.25) is 14.5 Å². The lowest BCUT2D eigenvalue weighted by Gasteiger charge is -2.49. The van der Waals surface area contributed by atoms with E-state index in [9.17, 15) is 19.5 Å². The molecule has 0 bridgehead atoms. The van der Waals surface area contributed by atoms with Gasteiger partial charge in [0.1, 0.15) is 39.8 Å². The molecule has 3 aromatic rings. The number of hydrogen-bond acceptors (Lipinski definition) is 9. The number of fused-ring (bicyclic) bond motifs is 2. The van der Waals surface area contributed by atoms with Crippen LogP contribution in [-0.4, -0.2) is 67.2 Å². The summed E-state index contributed by atoms with van der Waals surface area (Å²) < 4.78 is 3.95. The van der Waals surface area contributed by atoms with Crippen LogP contribution in [0.2, 0.25) is 4.34 Å². The number of nitrogens with two attached hydrogens (primary N) is 1. The lowest BCUT2D eigenvalue weighted by Crippen LogP contribution is -2.71. The Bertz CT molecular complexity index is 1470. The normalized spacial score (nSPS) is 19.8. The minimum absolute atomic E-state index is 0.0313. The summed E-state index contributed by atoms with van der Waals surface area (Å²) >= 11 is 8.45. The van der Waals surface area contributed by atoms with Gasteiger partial charge in [0, 0.05) is 17.5 Å². The Morgan fingerprint density at radius 1 is 1.44 bits per heavy atom. The maximum atomic E-state index is 13.0. The van der Waals surface area contributed by atoms with Crippen LogP contribution in [0.1, 0.15) is 5.69 Å². The molecule has 0 spiro atoms. The van der Waals surface area contributed by atoms with Crippen LogP contribution in [0.25, 0.3) is 5.52 Å². The number of nitrogens with one attached hydrogen (secondary N) is 1. The Hall–Kier alpha value is -3.62. The van der Waals surface area contributed by atoms with Gasteiger partial charge >= 0.3 is 5.97 Å². The number of halogens is 1. The Kier molecular flexibility index (Phi) is 6.32. The molecular weight excluding hydrogens is 530 g/mol. The largest absolute Gasteiger partial charge is 0.477 e. The zero-order chi connectivity index (χ0) is 25.6. The van der Waals surface area contributed by atoms with Gasteiger partial charge in [-0.1, -0.05) is 28.1 Å². The number of thiazole rings is 1. The summed E-state index contributed by atoms with van der Waals surface area (Å²) in [6.45, 7) is 0.304. The number of anilines is 1. The molecule has 5 rings (SSSR count). The molecule has 36 heavy (non-hydrogen) atoms. The number of aromatic nitrogens is 3. The molecule has 5 heterocycles. The van der Waals surface area contributed by atoms with E-state index >= 15 is 0 Å². The molecule has 3 aromatic heterocycles. The van der Waals surface area contributed by atoms with Gasteiger partial charge in [-0.05, 0) is 12.1 Å². The van der Waals surface area contributed by atoms with Gasteiger partial charge in [0.25, 0.3) is 11.8 Å². The number of hydrogen-bond donors (Lipinski definition) is 3. The van der Waals surface area contributed by atoms with E-state index in [1.165, 1.54) is 23.8 Å². The van der Waals surface area contributed by atoms with Crippen molar-refractivity contribution in [2.45, 2.75) is 18.0 Å². The van der Waals surface area contributed by atoms with Crippen molar-refractivity contribution in [2.24, 2.45) is 5.16 Å². The quantitative estimate of drug-likeness (QED) is 0.169. The van der Waals surface area contributed by atoms with Crippen molar-refractivity contribution in [1.82, 2.24) is 19.6 Å². The fourth-order valence-electron chi connectivity index (χ4n) is 4.10.